The molecular weight excluding hydrogens is 442 g/mol. The minimum atomic E-state index is -0.453. The average Bonchev–Trinajstić information content (AvgIpc) is 3.29. The Labute approximate surface area is 196 Å². The van der Waals surface area contributed by atoms with E-state index in [2.05, 4.69) is 25.5 Å². The third kappa shape index (κ3) is 3.85. The molecule has 2 aliphatic rings. The molecule has 3 aromatic rings. The van der Waals surface area contributed by atoms with Gasteiger partial charge >= 0.3 is 0 Å². The summed E-state index contributed by atoms with van der Waals surface area (Å²) in [5, 5.41) is 16.0. The molecule has 0 aliphatic carbocycles. The smallest absolute Gasteiger partial charge is 0.256 e. The van der Waals surface area contributed by atoms with Crippen LogP contribution in [0, 0.1) is 0 Å². The number of fused-ring (bicyclic) bond motifs is 2. The second kappa shape index (κ2) is 8.20. The summed E-state index contributed by atoms with van der Waals surface area (Å²) in [4.78, 5) is 23.4. The molecule has 0 radical (unpaired) electrons. The van der Waals surface area contributed by atoms with Gasteiger partial charge in [-0.2, -0.15) is 0 Å². The number of carbonyl (C=O) groups excluding carboxylic acids is 1. The first kappa shape index (κ1) is 21.5. The molecular formula is C24H24ClN5O3. The standard InChI is InChI=1S/C24H24ClN5O3/c1-24(2)15-4-3-5-19(20(15)23(32)29-24)33-18-7-6-14(12-16(18)25)28-22-21-17(26-13-27-22)8-9-30(21)10-11-31/h3-7,12-13,31H,8-11H2,1-2H3,(H,29,32)(H,26,27,28). The number of aliphatic hydroxyl groups excluding tert-OH is 1. The maximum absolute atomic E-state index is 12.5. The van der Waals surface area contributed by atoms with Crippen LogP contribution in [0.1, 0.15) is 35.5 Å². The Morgan fingerprint density at radius 3 is 2.88 bits per heavy atom. The zero-order valence-corrected chi connectivity index (χ0v) is 19.1. The highest BCUT2D eigenvalue weighted by Gasteiger charge is 2.37. The van der Waals surface area contributed by atoms with E-state index in [1.807, 2.05) is 32.0 Å². The van der Waals surface area contributed by atoms with Gasteiger partial charge < -0.3 is 25.4 Å². The molecule has 33 heavy (non-hydrogen) atoms. The number of ether oxygens (including phenoxy) is 1. The van der Waals surface area contributed by atoms with E-state index in [4.69, 9.17) is 16.3 Å². The number of aliphatic hydroxyl groups is 1. The predicted octanol–water partition coefficient (Wildman–Crippen LogP) is 4.00. The molecule has 2 aliphatic heterocycles. The number of aromatic nitrogens is 2. The van der Waals surface area contributed by atoms with Gasteiger partial charge in [-0.3, -0.25) is 4.79 Å². The van der Waals surface area contributed by atoms with Crippen molar-refractivity contribution in [3.63, 3.8) is 0 Å². The van der Waals surface area contributed by atoms with Gasteiger partial charge in [-0.1, -0.05) is 23.7 Å². The summed E-state index contributed by atoms with van der Waals surface area (Å²) in [6.07, 6.45) is 2.34. The molecule has 5 rings (SSSR count). The van der Waals surface area contributed by atoms with Crippen LogP contribution in [0.3, 0.4) is 0 Å². The summed E-state index contributed by atoms with van der Waals surface area (Å²) in [5.74, 6) is 1.41. The van der Waals surface area contributed by atoms with Crippen molar-refractivity contribution in [2.24, 2.45) is 0 Å². The van der Waals surface area contributed by atoms with Gasteiger partial charge in [0.1, 0.15) is 23.5 Å². The molecule has 3 N–H and O–H groups in total. The van der Waals surface area contributed by atoms with E-state index in [-0.39, 0.29) is 12.5 Å². The Hall–Kier alpha value is -3.36. The SMILES string of the molecule is CC1(C)NC(=O)c2c(Oc3ccc(Nc4ncnc5c4N(CCO)CC5)cc3Cl)cccc21. The Kier molecular flexibility index (Phi) is 5.34. The first-order valence-corrected chi connectivity index (χ1v) is 11.2. The number of benzene rings is 2. The monoisotopic (exact) mass is 465 g/mol. The van der Waals surface area contributed by atoms with Crippen molar-refractivity contribution < 1.29 is 14.6 Å². The van der Waals surface area contributed by atoms with E-state index in [9.17, 15) is 9.90 Å². The van der Waals surface area contributed by atoms with Crippen molar-refractivity contribution in [3.05, 3.63) is 64.6 Å². The molecule has 0 saturated heterocycles. The molecule has 9 heteroatoms. The molecule has 0 saturated carbocycles. The van der Waals surface area contributed by atoms with Crippen molar-refractivity contribution in [1.82, 2.24) is 15.3 Å². The molecule has 2 aromatic carbocycles. The number of nitrogens with zero attached hydrogens (tertiary/aromatic N) is 3. The Morgan fingerprint density at radius 2 is 2.09 bits per heavy atom. The zero-order valence-electron chi connectivity index (χ0n) is 18.4. The van der Waals surface area contributed by atoms with Crippen molar-refractivity contribution in [2.75, 3.05) is 29.9 Å². The van der Waals surface area contributed by atoms with Crippen LogP contribution in [0.5, 0.6) is 11.5 Å². The molecule has 0 unspecified atom stereocenters. The Bertz CT molecular complexity index is 1240. The Morgan fingerprint density at radius 1 is 1.24 bits per heavy atom. The van der Waals surface area contributed by atoms with Gasteiger partial charge in [0, 0.05) is 25.2 Å². The van der Waals surface area contributed by atoms with Crippen LogP contribution in [0.25, 0.3) is 0 Å². The lowest BCUT2D eigenvalue weighted by Gasteiger charge is -2.20. The number of anilines is 3. The number of rotatable bonds is 6. The summed E-state index contributed by atoms with van der Waals surface area (Å²) in [6, 6.07) is 10.9. The highest BCUT2D eigenvalue weighted by Crippen LogP contribution is 2.40. The topological polar surface area (TPSA) is 99.6 Å². The molecule has 0 bridgehead atoms. The van der Waals surface area contributed by atoms with Crippen LogP contribution < -0.4 is 20.3 Å². The fourth-order valence-corrected chi connectivity index (χ4v) is 4.64. The lowest BCUT2D eigenvalue weighted by Crippen LogP contribution is -2.32. The summed E-state index contributed by atoms with van der Waals surface area (Å²) >= 11 is 6.54. The minimum absolute atomic E-state index is 0.0596. The van der Waals surface area contributed by atoms with Crippen molar-refractivity contribution in [2.45, 2.75) is 25.8 Å². The van der Waals surface area contributed by atoms with E-state index >= 15 is 0 Å². The van der Waals surface area contributed by atoms with Crippen LogP contribution in [0.2, 0.25) is 5.02 Å². The van der Waals surface area contributed by atoms with Crippen LogP contribution in [-0.4, -0.2) is 40.7 Å². The fraction of sp³-hybridized carbons (Fsp3) is 0.292. The van der Waals surface area contributed by atoms with Gasteiger partial charge in [0.25, 0.3) is 5.91 Å². The third-order valence-electron chi connectivity index (χ3n) is 5.97. The minimum Gasteiger partial charge on any atom is -0.455 e. The summed E-state index contributed by atoms with van der Waals surface area (Å²) in [7, 11) is 0. The van der Waals surface area contributed by atoms with Crippen molar-refractivity contribution in [3.8, 4) is 11.5 Å². The normalized spacial score (nSPS) is 15.8. The molecule has 0 atom stereocenters. The number of amides is 1. The quantitative estimate of drug-likeness (QED) is 0.506. The van der Waals surface area contributed by atoms with E-state index < -0.39 is 5.54 Å². The largest absolute Gasteiger partial charge is 0.455 e. The van der Waals surface area contributed by atoms with Gasteiger partial charge in [0.05, 0.1) is 28.4 Å². The highest BCUT2D eigenvalue weighted by atomic mass is 35.5. The number of halogens is 1. The molecule has 0 fully saturated rings. The molecule has 1 aromatic heterocycles. The molecule has 1 amide bonds. The van der Waals surface area contributed by atoms with Crippen LogP contribution in [0.15, 0.2) is 42.7 Å². The highest BCUT2D eigenvalue weighted by molar-refractivity contribution is 6.32. The number of hydrogen-bond acceptors (Lipinski definition) is 7. The lowest BCUT2D eigenvalue weighted by molar-refractivity contribution is 0.0938. The first-order chi connectivity index (χ1) is 15.9. The first-order valence-electron chi connectivity index (χ1n) is 10.8. The van der Waals surface area contributed by atoms with E-state index in [0.29, 0.717) is 34.4 Å². The van der Waals surface area contributed by atoms with Crippen LogP contribution >= 0.6 is 11.6 Å². The third-order valence-corrected chi connectivity index (χ3v) is 6.27. The second-order valence-electron chi connectivity index (χ2n) is 8.61. The van der Waals surface area contributed by atoms with Gasteiger partial charge in [-0.05, 0) is 43.7 Å². The summed E-state index contributed by atoms with van der Waals surface area (Å²) in [5.41, 5.74) is 3.56. The van der Waals surface area contributed by atoms with Crippen LogP contribution in [-0.2, 0) is 12.0 Å². The van der Waals surface area contributed by atoms with Gasteiger partial charge in [-0.15, -0.1) is 0 Å². The number of hydrogen-bond donors (Lipinski definition) is 3. The maximum Gasteiger partial charge on any atom is 0.256 e. The zero-order chi connectivity index (χ0) is 23.2. The second-order valence-corrected chi connectivity index (χ2v) is 9.02. The average molecular weight is 466 g/mol. The molecule has 8 nitrogen and oxygen atoms in total. The Balaban J connectivity index is 1.40. The van der Waals surface area contributed by atoms with Gasteiger partial charge in [-0.25, -0.2) is 9.97 Å². The molecule has 3 heterocycles. The predicted molar refractivity (Wildman–Crippen MR) is 127 cm³/mol. The van der Waals surface area contributed by atoms with E-state index in [1.165, 1.54) is 6.33 Å². The molecule has 170 valence electrons. The van der Waals surface area contributed by atoms with E-state index in [0.717, 1.165) is 35.6 Å². The summed E-state index contributed by atoms with van der Waals surface area (Å²) < 4.78 is 6.06. The van der Waals surface area contributed by atoms with Gasteiger partial charge in [0.15, 0.2) is 5.82 Å². The number of nitrogens with one attached hydrogen (secondary N) is 2. The van der Waals surface area contributed by atoms with Crippen molar-refractivity contribution >= 4 is 34.7 Å². The lowest BCUT2D eigenvalue weighted by atomic mass is 9.94. The summed E-state index contributed by atoms with van der Waals surface area (Å²) in [6.45, 7) is 5.29. The van der Waals surface area contributed by atoms with Crippen LogP contribution in [0.4, 0.5) is 17.2 Å². The fourth-order valence-electron chi connectivity index (χ4n) is 4.42. The maximum atomic E-state index is 12.5. The van der Waals surface area contributed by atoms with Gasteiger partial charge in [0.2, 0.25) is 0 Å². The number of β-amino-alcohol motifs (C(OH)–C–C–N with tert-alkyl or cyclic N) is 1. The molecule has 0 spiro atoms. The van der Waals surface area contributed by atoms with E-state index in [1.54, 1.807) is 18.2 Å². The van der Waals surface area contributed by atoms with Crippen molar-refractivity contribution in [1.29, 1.82) is 0 Å². The number of carbonyl (C=O) groups is 1.